The van der Waals surface area contributed by atoms with Crippen molar-refractivity contribution in [1.82, 2.24) is 10.6 Å². The van der Waals surface area contributed by atoms with E-state index in [1.165, 1.54) is 42.7 Å². The highest BCUT2D eigenvalue weighted by Crippen LogP contribution is 2.37. The summed E-state index contributed by atoms with van der Waals surface area (Å²) in [5.74, 6) is -0.748. The molecule has 0 saturated carbocycles. The van der Waals surface area contributed by atoms with E-state index in [1.807, 2.05) is 13.0 Å². The zero-order valence-corrected chi connectivity index (χ0v) is 41.5. The Hall–Kier alpha value is -1.36. The monoisotopic (exact) mass is 1000 g/mol. The Labute approximate surface area is 391 Å². The molecule has 4 aliphatic rings. The van der Waals surface area contributed by atoms with Crippen LogP contribution in [0.3, 0.4) is 0 Å². The number of amides is 1. The molecule has 0 aromatic heterocycles. The van der Waals surface area contributed by atoms with Crippen molar-refractivity contribution in [3.05, 3.63) is 11.6 Å². The molecule has 21 nitrogen and oxygen atoms in total. The molecule has 3 saturated heterocycles. The first-order chi connectivity index (χ1) is 31.4. The van der Waals surface area contributed by atoms with Gasteiger partial charge in [-0.1, -0.05) is 22.0 Å². The Morgan fingerprint density at radius 2 is 1.14 bits per heavy atom. The maximum absolute atomic E-state index is 13.0. The lowest BCUT2D eigenvalue weighted by Gasteiger charge is -2.51. The lowest BCUT2D eigenvalue weighted by Crippen LogP contribution is -2.69. The van der Waals surface area contributed by atoms with E-state index in [2.05, 4.69) is 26.6 Å². The van der Waals surface area contributed by atoms with Gasteiger partial charge in [0.25, 0.3) is 0 Å². The number of aliphatic hydroxyl groups excluding tert-OH is 1. The molecule has 8 unspecified atom stereocenters. The van der Waals surface area contributed by atoms with E-state index in [-0.39, 0.29) is 56.3 Å². The van der Waals surface area contributed by atoms with E-state index in [4.69, 9.17) is 75.8 Å². The zero-order valence-electron chi connectivity index (χ0n) is 39.9. The third-order valence-corrected chi connectivity index (χ3v) is 13.0. The average molecular weight is 1000 g/mol. The van der Waals surface area contributed by atoms with Crippen LogP contribution >= 0.6 is 15.9 Å². The SMILES string of the molecule is COCC1=C[C@@H](N[C@H]2C(C)O[C@@H](O[C@H]3C(COC)O[C@@H](O[C@H]4C(COC)OC(NC(=O)CCC(=O)CCBr)C(OC)[C@H]4OC)C(OC)[C@H]3OC)C(OC)[C@H]2OC)C(OC)[C@@H](OC)[C@H]1CO. The van der Waals surface area contributed by atoms with Gasteiger partial charge in [0.1, 0.15) is 72.9 Å². The number of hydrogen-bond acceptors (Lipinski definition) is 20. The number of methoxy groups -OCH3 is 11. The van der Waals surface area contributed by atoms with Crippen LogP contribution in [0.2, 0.25) is 0 Å². The minimum absolute atomic E-state index is 0.0210. The van der Waals surface area contributed by atoms with E-state index >= 15 is 0 Å². The molecule has 0 aromatic rings. The number of halogens is 1. The highest BCUT2D eigenvalue weighted by molar-refractivity contribution is 9.09. The van der Waals surface area contributed by atoms with Crippen LogP contribution in [0.4, 0.5) is 0 Å². The summed E-state index contributed by atoms with van der Waals surface area (Å²) in [4.78, 5) is 25.1. The molecule has 0 bridgehead atoms. The molecule has 3 aliphatic heterocycles. The van der Waals surface area contributed by atoms with Gasteiger partial charge in [-0.05, 0) is 12.5 Å². The molecule has 3 heterocycles. The maximum Gasteiger partial charge on any atom is 0.222 e. The van der Waals surface area contributed by atoms with Crippen LogP contribution in [0, 0.1) is 5.92 Å². The van der Waals surface area contributed by atoms with Crippen molar-refractivity contribution in [2.45, 2.75) is 136 Å². The number of carbonyl (C=O) groups is 2. The lowest BCUT2D eigenvalue weighted by atomic mass is 9.80. The number of ketones is 1. The fraction of sp³-hybridized carbons (Fsp3) is 0.907. The summed E-state index contributed by atoms with van der Waals surface area (Å²) in [7, 11) is 17.0. The second-order valence-corrected chi connectivity index (χ2v) is 17.1. The molecule has 3 N–H and O–H groups in total. The molecule has 65 heavy (non-hydrogen) atoms. The largest absolute Gasteiger partial charge is 0.396 e. The van der Waals surface area contributed by atoms with Gasteiger partial charge in [0.2, 0.25) is 5.91 Å². The van der Waals surface area contributed by atoms with Gasteiger partial charge in [-0.15, -0.1) is 0 Å². The molecule has 0 aromatic carbocycles. The van der Waals surface area contributed by atoms with Crippen LogP contribution in [-0.2, 0) is 85.4 Å². The fourth-order valence-corrected chi connectivity index (χ4v) is 9.90. The van der Waals surface area contributed by atoms with Gasteiger partial charge < -0.3 is 91.5 Å². The van der Waals surface area contributed by atoms with Crippen LogP contribution in [0.1, 0.15) is 26.2 Å². The molecule has 22 heteroatoms. The fourth-order valence-electron chi connectivity index (χ4n) is 9.46. The van der Waals surface area contributed by atoms with E-state index in [0.29, 0.717) is 18.4 Å². The molecule has 0 radical (unpaired) electrons. The van der Waals surface area contributed by atoms with Gasteiger partial charge in [-0.3, -0.25) is 9.59 Å². The second kappa shape index (κ2) is 28.3. The highest BCUT2D eigenvalue weighted by Gasteiger charge is 2.56. The first kappa shape index (κ1) is 56.2. The zero-order chi connectivity index (χ0) is 47.8. The summed E-state index contributed by atoms with van der Waals surface area (Å²) >= 11 is 3.26. The van der Waals surface area contributed by atoms with Crippen LogP contribution < -0.4 is 10.6 Å². The number of ether oxygens (including phenoxy) is 16. The number of Topliss-reactive ketones (excluding diaryl/α,β-unsaturated/α-hetero) is 1. The van der Waals surface area contributed by atoms with Crippen molar-refractivity contribution in [3.63, 3.8) is 0 Å². The summed E-state index contributed by atoms with van der Waals surface area (Å²) < 4.78 is 98.1. The second-order valence-electron chi connectivity index (χ2n) is 16.3. The first-order valence-corrected chi connectivity index (χ1v) is 23.0. The molecule has 3 fully saturated rings. The molecular weight excluding hydrogens is 928 g/mol. The first-order valence-electron chi connectivity index (χ1n) is 21.8. The molecule has 19 atom stereocenters. The minimum Gasteiger partial charge on any atom is -0.396 e. The van der Waals surface area contributed by atoms with Crippen LogP contribution in [0.15, 0.2) is 11.6 Å². The lowest BCUT2D eigenvalue weighted by molar-refractivity contribution is -0.375. The van der Waals surface area contributed by atoms with Crippen LogP contribution in [0.25, 0.3) is 0 Å². The minimum atomic E-state index is -1.11. The van der Waals surface area contributed by atoms with Crippen molar-refractivity contribution in [2.24, 2.45) is 5.92 Å². The predicted molar refractivity (Wildman–Crippen MR) is 234 cm³/mol. The Kier molecular flexibility index (Phi) is 24.5. The molecule has 378 valence electrons. The Balaban J connectivity index is 1.57. The van der Waals surface area contributed by atoms with E-state index in [9.17, 15) is 14.7 Å². The number of alkyl halides is 1. The maximum atomic E-state index is 13.0. The molecular formula is C43H75BrN2O19. The summed E-state index contributed by atoms with van der Waals surface area (Å²) in [6.45, 7) is 2.16. The summed E-state index contributed by atoms with van der Waals surface area (Å²) in [6.07, 6.45) is -10.2. The van der Waals surface area contributed by atoms with Crippen molar-refractivity contribution in [3.8, 4) is 0 Å². The normalized spacial score (nSPS) is 38.9. The Morgan fingerprint density at radius 3 is 1.65 bits per heavy atom. The number of carbonyl (C=O) groups excluding carboxylic acids is 2. The number of nitrogens with one attached hydrogen (secondary N) is 2. The number of rotatable bonds is 27. The molecule has 1 amide bonds. The predicted octanol–water partition coefficient (Wildman–Crippen LogP) is 0.136. The quantitative estimate of drug-likeness (QED) is 0.0735. The van der Waals surface area contributed by atoms with Gasteiger partial charge in [0.05, 0.1) is 50.7 Å². The topological polar surface area (TPSA) is 226 Å². The van der Waals surface area contributed by atoms with Gasteiger partial charge in [0, 0.05) is 109 Å². The van der Waals surface area contributed by atoms with Crippen molar-refractivity contribution in [2.75, 3.05) is 110 Å². The van der Waals surface area contributed by atoms with Gasteiger partial charge >= 0.3 is 0 Å². The van der Waals surface area contributed by atoms with Gasteiger partial charge in [-0.2, -0.15) is 0 Å². The van der Waals surface area contributed by atoms with Crippen LogP contribution in [-0.4, -0.2) is 237 Å². The Bertz CT molecular complexity index is 1440. The van der Waals surface area contributed by atoms with Crippen LogP contribution in [0.5, 0.6) is 0 Å². The standard InChI is InChI=1S/C43H75BrN2O19/c1-22-30(45-26-17-23(19-50-2)25(18-47)31(53-5)32(26)54-6)35(55-7)39(59-11)42(61-22)64-34-28(21-52-4)63-43(40(60-12)37(34)57-9)65-33-27(20-51-3)62-41(38(58-10)36(33)56-8)46-29(49)14-13-24(48)15-16-44/h17,22,25-28,30-43,45,47H,13-16,18-21H2,1-12H3,(H,46,49)/t22?,25-,26+,27?,28?,30-,31-,32?,33-,34-,35-,36-,37-,38?,39?,40?,41?,42-,43-/m0/s1. The van der Waals surface area contributed by atoms with Crippen molar-refractivity contribution in [1.29, 1.82) is 0 Å². The van der Waals surface area contributed by atoms with Gasteiger partial charge in [-0.25, -0.2) is 0 Å². The highest BCUT2D eigenvalue weighted by atomic mass is 79.9. The molecule has 0 spiro atoms. The molecule has 1 aliphatic carbocycles. The average Bonchev–Trinajstić information content (AvgIpc) is 3.29. The Morgan fingerprint density at radius 1 is 0.615 bits per heavy atom. The van der Waals surface area contributed by atoms with Gasteiger partial charge in [0.15, 0.2) is 18.8 Å². The smallest absolute Gasteiger partial charge is 0.222 e. The summed E-state index contributed by atoms with van der Waals surface area (Å²) in [5.41, 5.74) is 0.874. The van der Waals surface area contributed by atoms with E-state index in [1.54, 1.807) is 35.5 Å². The molecule has 4 rings (SSSR count). The van der Waals surface area contributed by atoms with Crippen molar-refractivity contribution >= 4 is 27.6 Å². The van der Waals surface area contributed by atoms with E-state index < -0.39 is 104 Å². The summed E-state index contributed by atoms with van der Waals surface area (Å²) in [5, 5.41) is 17.4. The third-order valence-electron chi connectivity index (χ3n) is 12.6. The third kappa shape index (κ3) is 13.7. The van der Waals surface area contributed by atoms with E-state index in [0.717, 1.165) is 5.57 Å². The van der Waals surface area contributed by atoms with Crippen molar-refractivity contribution < 1.29 is 90.5 Å². The number of aliphatic hydroxyl groups is 1. The summed E-state index contributed by atoms with van der Waals surface area (Å²) in [6, 6.07) is -0.832. The number of hydrogen-bond donors (Lipinski definition) is 3.